The number of ether oxygens (including phenoxy) is 2. The lowest BCUT2D eigenvalue weighted by Gasteiger charge is -2.23. The van der Waals surface area contributed by atoms with Crippen molar-refractivity contribution < 1.29 is 9.47 Å². The summed E-state index contributed by atoms with van der Waals surface area (Å²) in [4.78, 5) is 0. The summed E-state index contributed by atoms with van der Waals surface area (Å²) in [6.07, 6.45) is 1.12. The van der Waals surface area contributed by atoms with Crippen molar-refractivity contribution in [3.8, 4) is 11.5 Å². The molecule has 1 aromatic carbocycles. The molecule has 2 heteroatoms. The van der Waals surface area contributed by atoms with Crippen LogP contribution in [0, 0.1) is 0 Å². The number of hydrogen-bond donors (Lipinski definition) is 0. The molecule has 0 N–H and O–H groups in total. The molecule has 1 atom stereocenters. The molecule has 0 aromatic heterocycles. The Balaban J connectivity index is 0.000000606. The molecule has 2 rings (SSSR count). The van der Waals surface area contributed by atoms with Gasteiger partial charge in [0.05, 0.1) is 0 Å². The highest BCUT2D eigenvalue weighted by atomic mass is 16.6. The predicted octanol–water partition coefficient (Wildman–Crippen LogP) is 4.00. The van der Waals surface area contributed by atoms with Gasteiger partial charge in [-0.15, -0.1) is 0 Å². The maximum atomic E-state index is 5.65. The van der Waals surface area contributed by atoms with Gasteiger partial charge in [0.25, 0.3) is 0 Å². The van der Waals surface area contributed by atoms with Gasteiger partial charge in [-0.25, -0.2) is 0 Å². The molecule has 0 saturated heterocycles. The van der Waals surface area contributed by atoms with Gasteiger partial charge >= 0.3 is 0 Å². The molecule has 2 nitrogen and oxygen atoms in total. The topological polar surface area (TPSA) is 18.5 Å². The second-order valence-electron chi connectivity index (χ2n) is 3.68. The van der Waals surface area contributed by atoms with Crippen molar-refractivity contribution in [2.75, 3.05) is 13.2 Å². The van der Waals surface area contributed by atoms with Crippen molar-refractivity contribution in [3.05, 3.63) is 23.8 Å². The summed E-state index contributed by atoms with van der Waals surface area (Å²) in [6.45, 7) is 9.73. The van der Waals surface area contributed by atoms with Crippen molar-refractivity contribution in [1.29, 1.82) is 0 Å². The zero-order chi connectivity index (χ0) is 12.0. The van der Waals surface area contributed by atoms with Crippen LogP contribution in [0.1, 0.15) is 45.6 Å². The number of rotatable bonds is 2. The van der Waals surface area contributed by atoms with Crippen molar-refractivity contribution in [1.82, 2.24) is 0 Å². The Kier molecular flexibility index (Phi) is 5.17. The van der Waals surface area contributed by atoms with Gasteiger partial charge in [-0.1, -0.05) is 39.8 Å². The van der Waals surface area contributed by atoms with E-state index in [1.54, 1.807) is 0 Å². The van der Waals surface area contributed by atoms with Gasteiger partial charge in [0.15, 0.2) is 11.5 Å². The van der Waals surface area contributed by atoms with Crippen LogP contribution in [-0.4, -0.2) is 13.2 Å². The fourth-order valence-electron chi connectivity index (χ4n) is 1.70. The van der Waals surface area contributed by atoms with Crippen molar-refractivity contribution in [2.45, 2.75) is 40.0 Å². The first-order valence-corrected chi connectivity index (χ1v) is 6.21. The van der Waals surface area contributed by atoms with E-state index in [-0.39, 0.29) is 0 Å². The largest absolute Gasteiger partial charge is 0.486 e. The summed E-state index contributed by atoms with van der Waals surface area (Å²) in [5.74, 6) is 2.38. The van der Waals surface area contributed by atoms with Crippen LogP contribution in [-0.2, 0) is 0 Å². The number of hydrogen-bond acceptors (Lipinski definition) is 2. The summed E-state index contributed by atoms with van der Waals surface area (Å²) >= 11 is 0. The lowest BCUT2D eigenvalue weighted by molar-refractivity contribution is 0.169. The Morgan fingerprint density at radius 1 is 1.19 bits per heavy atom. The minimum Gasteiger partial charge on any atom is -0.486 e. The standard InChI is InChI=1S/C12H16O2.C2H6/c1-3-9(2)10-5-4-6-11-12(10)14-8-7-13-11;1-2/h4-6,9H,3,7-8H2,1-2H3;1-2H3. The van der Waals surface area contributed by atoms with Crippen LogP contribution in [0.15, 0.2) is 18.2 Å². The summed E-state index contributed by atoms with van der Waals surface area (Å²) < 4.78 is 11.2. The maximum Gasteiger partial charge on any atom is 0.164 e. The molecule has 0 amide bonds. The Bertz CT molecular complexity index is 321. The summed E-state index contributed by atoms with van der Waals surface area (Å²) in [6, 6.07) is 6.14. The molecule has 0 radical (unpaired) electrons. The van der Waals surface area contributed by atoms with Crippen LogP contribution in [0.25, 0.3) is 0 Å². The van der Waals surface area contributed by atoms with Gasteiger partial charge in [-0.2, -0.15) is 0 Å². The summed E-state index contributed by atoms with van der Waals surface area (Å²) in [7, 11) is 0. The first kappa shape index (κ1) is 12.9. The van der Waals surface area contributed by atoms with E-state index in [1.807, 2.05) is 26.0 Å². The molecule has 1 aliphatic rings. The number of fused-ring (bicyclic) bond motifs is 1. The summed E-state index contributed by atoms with van der Waals surface area (Å²) in [5, 5.41) is 0. The third-order valence-corrected chi connectivity index (χ3v) is 2.74. The first-order valence-electron chi connectivity index (χ1n) is 6.21. The van der Waals surface area contributed by atoms with Crippen LogP contribution in [0.2, 0.25) is 0 Å². The van der Waals surface area contributed by atoms with Gasteiger partial charge in [0.1, 0.15) is 13.2 Å². The van der Waals surface area contributed by atoms with Gasteiger partial charge in [0, 0.05) is 5.56 Å². The number of para-hydroxylation sites is 1. The third-order valence-electron chi connectivity index (χ3n) is 2.74. The quantitative estimate of drug-likeness (QED) is 0.753. The van der Waals surface area contributed by atoms with Gasteiger partial charge in [-0.3, -0.25) is 0 Å². The lowest BCUT2D eigenvalue weighted by atomic mass is 9.97. The van der Waals surface area contributed by atoms with Crippen molar-refractivity contribution in [2.24, 2.45) is 0 Å². The first-order chi connectivity index (χ1) is 7.83. The lowest BCUT2D eigenvalue weighted by Crippen LogP contribution is -2.16. The molecule has 1 aliphatic heterocycles. The van der Waals surface area contributed by atoms with Gasteiger partial charge in [0.2, 0.25) is 0 Å². The van der Waals surface area contributed by atoms with Crippen LogP contribution in [0.3, 0.4) is 0 Å². The molecular weight excluding hydrogens is 200 g/mol. The monoisotopic (exact) mass is 222 g/mol. The van der Waals surface area contributed by atoms with E-state index >= 15 is 0 Å². The van der Waals surface area contributed by atoms with E-state index in [2.05, 4.69) is 19.9 Å². The minimum absolute atomic E-state index is 0.534. The van der Waals surface area contributed by atoms with Crippen molar-refractivity contribution >= 4 is 0 Å². The fourth-order valence-corrected chi connectivity index (χ4v) is 1.70. The molecule has 0 aliphatic carbocycles. The zero-order valence-corrected chi connectivity index (χ0v) is 10.7. The average Bonchev–Trinajstić information content (AvgIpc) is 2.39. The van der Waals surface area contributed by atoms with Crippen LogP contribution in [0.4, 0.5) is 0 Å². The maximum absolute atomic E-state index is 5.65. The van der Waals surface area contributed by atoms with Crippen LogP contribution >= 0.6 is 0 Å². The Morgan fingerprint density at radius 2 is 1.88 bits per heavy atom. The molecule has 1 unspecified atom stereocenters. The molecule has 0 spiro atoms. The van der Waals surface area contributed by atoms with E-state index in [0.29, 0.717) is 19.1 Å². The number of benzene rings is 1. The molecule has 0 bridgehead atoms. The Hall–Kier alpha value is -1.18. The second kappa shape index (κ2) is 6.41. The molecular formula is C14H22O2. The SMILES string of the molecule is CC.CCC(C)c1cccc2c1OCCO2. The third kappa shape index (κ3) is 2.69. The fraction of sp³-hybridized carbons (Fsp3) is 0.571. The van der Waals surface area contributed by atoms with Crippen LogP contribution in [0.5, 0.6) is 11.5 Å². The van der Waals surface area contributed by atoms with E-state index in [0.717, 1.165) is 17.9 Å². The van der Waals surface area contributed by atoms with Crippen LogP contribution < -0.4 is 9.47 Å². The van der Waals surface area contributed by atoms with E-state index in [1.165, 1.54) is 5.56 Å². The molecule has 0 saturated carbocycles. The zero-order valence-electron chi connectivity index (χ0n) is 10.7. The highest BCUT2D eigenvalue weighted by molar-refractivity contribution is 5.48. The second-order valence-corrected chi connectivity index (χ2v) is 3.68. The van der Waals surface area contributed by atoms with E-state index in [4.69, 9.17) is 9.47 Å². The summed E-state index contributed by atoms with van der Waals surface area (Å²) in [5.41, 5.74) is 1.27. The van der Waals surface area contributed by atoms with E-state index < -0.39 is 0 Å². The van der Waals surface area contributed by atoms with Gasteiger partial charge in [-0.05, 0) is 18.4 Å². The Labute approximate surface area is 98.6 Å². The molecule has 90 valence electrons. The molecule has 1 aromatic rings. The highest BCUT2D eigenvalue weighted by Crippen LogP contribution is 2.38. The average molecular weight is 222 g/mol. The smallest absolute Gasteiger partial charge is 0.164 e. The molecule has 1 heterocycles. The van der Waals surface area contributed by atoms with E-state index in [9.17, 15) is 0 Å². The Morgan fingerprint density at radius 3 is 2.56 bits per heavy atom. The minimum atomic E-state index is 0.534. The normalized spacial score (nSPS) is 14.8. The van der Waals surface area contributed by atoms with Gasteiger partial charge < -0.3 is 9.47 Å². The molecule has 0 fully saturated rings. The molecule has 16 heavy (non-hydrogen) atoms. The predicted molar refractivity (Wildman–Crippen MR) is 67.5 cm³/mol. The van der Waals surface area contributed by atoms with Crippen molar-refractivity contribution in [3.63, 3.8) is 0 Å². The highest BCUT2D eigenvalue weighted by Gasteiger charge is 2.17.